The first-order valence-corrected chi connectivity index (χ1v) is 7.15. The van der Waals surface area contributed by atoms with E-state index >= 15 is 0 Å². The Kier molecular flexibility index (Phi) is 7.51. The van der Waals surface area contributed by atoms with Gasteiger partial charge in [-0.3, -0.25) is 0 Å². The normalized spacial score (nSPS) is 12.7. The number of hydrogen-bond acceptors (Lipinski definition) is 2. The van der Waals surface area contributed by atoms with Crippen LogP contribution in [-0.2, 0) is 0 Å². The summed E-state index contributed by atoms with van der Waals surface area (Å²) in [6.45, 7) is 5.35. The van der Waals surface area contributed by atoms with Crippen LogP contribution in [0.2, 0.25) is 0 Å². The monoisotopic (exact) mass is 249 g/mol. The highest BCUT2D eigenvalue weighted by Crippen LogP contribution is 2.17. The van der Waals surface area contributed by atoms with E-state index in [4.69, 9.17) is 4.74 Å². The quantitative estimate of drug-likeness (QED) is 0.717. The molecule has 0 amide bonds. The van der Waals surface area contributed by atoms with Crippen molar-refractivity contribution in [3.63, 3.8) is 0 Å². The third-order valence-electron chi connectivity index (χ3n) is 3.66. The van der Waals surface area contributed by atoms with E-state index < -0.39 is 0 Å². The number of nitrogens with one attached hydrogen (secondary N) is 1. The molecule has 1 atom stereocenters. The van der Waals surface area contributed by atoms with Crippen molar-refractivity contribution in [1.82, 2.24) is 5.32 Å². The zero-order valence-electron chi connectivity index (χ0n) is 12.0. The fourth-order valence-corrected chi connectivity index (χ4v) is 2.24. The van der Waals surface area contributed by atoms with Gasteiger partial charge in [0.05, 0.1) is 6.61 Å². The van der Waals surface area contributed by atoms with Gasteiger partial charge in [-0.15, -0.1) is 0 Å². The molecule has 102 valence electrons. The van der Waals surface area contributed by atoms with E-state index in [1.165, 1.54) is 19.3 Å². The molecule has 0 saturated heterocycles. The lowest BCUT2D eigenvalue weighted by Crippen LogP contribution is -2.29. The van der Waals surface area contributed by atoms with Crippen molar-refractivity contribution < 1.29 is 4.74 Å². The highest BCUT2D eigenvalue weighted by Gasteiger charge is 2.12. The molecule has 0 aliphatic heterocycles. The Bertz CT molecular complexity index is 295. The van der Waals surface area contributed by atoms with Gasteiger partial charge in [0.15, 0.2) is 0 Å². The standard InChI is InChI=1S/C16H27NO/c1-4-14(5-2)13-15(17-3)11-12-18-16-9-7-6-8-10-16/h6-10,14-15,17H,4-5,11-13H2,1-3H3. The molecule has 1 aromatic rings. The number of benzene rings is 1. The molecule has 2 nitrogen and oxygen atoms in total. The maximum absolute atomic E-state index is 5.75. The summed E-state index contributed by atoms with van der Waals surface area (Å²) < 4.78 is 5.75. The molecule has 1 rings (SSSR count). The first-order chi connectivity index (χ1) is 8.80. The summed E-state index contributed by atoms with van der Waals surface area (Å²) in [7, 11) is 2.05. The lowest BCUT2D eigenvalue weighted by molar-refractivity contribution is 0.269. The number of ether oxygens (including phenoxy) is 1. The highest BCUT2D eigenvalue weighted by atomic mass is 16.5. The van der Waals surface area contributed by atoms with Crippen LogP contribution in [0.5, 0.6) is 5.75 Å². The van der Waals surface area contributed by atoms with Crippen molar-refractivity contribution in [2.45, 2.75) is 45.6 Å². The van der Waals surface area contributed by atoms with Crippen LogP contribution in [0, 0.1) is 5.92 Å². The molecule has 1 N–H and O–H groups in total. The highest BCUT2D eigenvalue weighted by molar-refractivity contribution is 5.20. The Morgan fingerprint density at radius 3 is 2.33 bits per heavy atom. The van der Waals surface area contributed by atoms with E-state index in [0.29, 0.717) is 6.04 Å². The van der Waals surface area contributed by atoms with E-state index in [9.17, 15) is 0 Å². The minimum Gasteiger partial charge on any atom is -0.494 e. The minimum absolute atomic E-state index is 0.568. The zero-order valence-corrected chi connectivity index (χ0v) is 12.0. The Hall–Kier alpha value is -1.02. The second kappa shape index (κ2) is 8.98. The molecule has 0 bridgehead atoms. The number of hydrogen-bond donors (Lipinski definition) is 1. The van der Waals surface area contributed by atoms with Gasteiger partial charge in [-0.05, 0) is 37.9 Å². The van der Waals surface area contributed by atoms with Crippen LogP contribution >= 0.6 is 0 Å². The van der Waals surface area contributed by atoms with E-state index in [2.05, 4.69) is 26.2 Å². The molecule has 0 fully saturated rings. The molecule has 1 aromatic carbocycles. The molecule has 0 saturated carbocycles. The van der Waals surface area contributed by atoms with Crippen LogP contribution in [0.25, 0.3) is 0 Å². The molecule has 0 aliphatic carbocycles. The van der Waals surface area contributed by atoms with Crippen molar-refractivity contribution in [3.8, 4) is 5.75 Å². The summed E-state index contributed by atoms with van der Waals surface area (Å²) in [6, 6.07) is 10.6. The molecule has 2 heteroatoms. The summed E-state index contributed by atoms with van der Waals surface area (Å²) in [6.07, 6.45) is 4.87. The van der Waals surface area contributed by atoms with Gasteiger partial charge in [0.2, 0.25) is 0 Å². The summed E-state index contributed by atoms with van der Waals surface area (Å²) in [5, 5.41) is 3.41. The first-order valence-electron chi connectivity index (χ1n) is 7.15. The van der Waals surface area contributed by atoms with E-state index in [1.54, 1.807) is 0 Å². The van der Waals surface area contributed by atoms with Gasteiger partial charge < -0.3 is 10.1 Å². The minimum atomic E-state index is 0.568. The van der Waals surface area contributed by atoms with Crippen LogP contribution in [-0.4, -0.2) is 19.7 Å². The third kappa shape index (κ3) is 5.54. The van der Waals surface area contributed by atoms with Gasteiger partial charge >= 0.3 is 0 Å². The average molecular weight is 249 g/mol. The zero-order chi connectivity index (χ0) is 13.2. The fourth-order valence-electron chi connectivity index (χ4n) is 2.24. The van der Waals surface area contributed by atoms with Gasteiger partial charge in [0.25, 0.3) is 0 Å². The smallest absolute Gasteiger partial charge is 0.119 e. The Morgan fingerprint density at radius 2 is 1.78 bits per heavy atom. The Balaban J connectivity index is 2.27. The first kappa shape index (κ1) is 15.0. The topological polar surface area (TPSA) is 21.3 Å². The molecule has 0 aliphatic rings. The lowest BCUT2D eigenvalue weighted by Gasteiger charge is -2.21. The predicted molar refractivity (Wildman–Crippen MR) is 78.1 cm³/mol. The van der Waals surface area contributed by atoms with Gasteiger partial charge in [-0.2, -0.15) is 0 Å². The SMILES string of the molecule is CCC(CC)CC(CCOc1ccccc1)NC. The van der Waals surface area contributed by atoms with Crippen molar-refractivity contribution in [2.24, 2.45) is 5.92 Å². The van der Waals surface area contributed by atoms with Crippen molar-refractivity contribution in [3.05, 3.63) is 30.3 Å². The van der Waals surface area contributed by atoms with Gasteiger partial charge in [-0.1, -0.05) is 44.9 Å². The van der Waals surface area contributed by atoms with Gasteiger partial charge in [-0.25, -0.2) is 0 Å². The van der Waals surface area contributed by atoms with Crippen LogP contribution in [0.3, 0.4) is 0 Å². The average Bonchev–Trinajstić information content (AvgIpc) is 2.44. The lowest BCUT2D eigenvalue weighted by atomic mass is 9.93. The van der Waals surface area contributed by atoms with Crippen LogP contribution < -0.4 is 10.1 Å². The Labute approximate surface area is 112 Å². The molecule has 18 heavy (non-hydrogen) atoms. The maximum Gasteiger partial charge on any atom is 0.119 e. The van der Waals surface area contributed by atoms with Crippen LogP contribution in [0.4, 0.5) is 0 Å². The molecule has 0 aromatic heterocycles. The van der Waals surface area contributed by atoms with Crippen molar-refractivity contribution >= 4 is 0 Å². The predicted octanol–water partition coefficient (Wildman–Crippen LogP) is 3.87. The molecule has 1 unspecified atom stereocenters. The summed E-state index contributed by atoms with van der Waals surface area (Å²) >= 11 is 0. The summed E-state index contributed by atoms with van der Waals surface area (Å²) in [4.78, 5) is 0. The largest absolute Gasteiger partial charge is 0.494 e. The van der Waals surface area contributed by atoms with Crippen LogP contribution in [0.15, 0.2) is 30.3 Å². The molecule has 0 heterocycles. The molecular weight excluding hydrogens is 222 g/mol. The third-order valence-corrected chi connectivity index (χ3v) is 3.66. The Morgan fingerprint density at radius 1 is 1.11 bits per heavy atom. The molecule has 0 radical (unpaired) electrons. The van der Waals surface area contributed by atoms with Crippen LogP contribution in [0.1, 0.15) is 39.5 Å². The van der Waals surface area contributed by atoms with Gasteiger partial charge in [0.1, 0.15) is 5.75 Å². The van der Waals surface area contributed by atoms with E-state index in [0.717, 1.165) is 24.7 Å². The van der Waals surface area contributed by atoms with Gasteiger partial charge in [0, 0.05) is 6.04 Å². The number of rotatable bonds is 9. The van der Waals surface area contributed by atoms with Crippen molar-refractivity contribution in [2.75, 3.05) is 13.7 Å². The van der Waals surface area contributed by atoms with E-state index in [-0.39, 0.29) is 0 Å². The fraction of sp³-hybridized carbons (Fsp3) is 0.625. The molecule has 0 spiro atoms. The summed E-state index contributed by atoms with van der Waals surface area (Å²) in [5.74, 6) is 1.80. The summed E-state index contributed by atoms with van der Waals surface area (Å²) in [5.41, 5.74) is 0. The second-order valence-electron chi connectivity index (χ2n) is 4.85. The second-order valence-corrected chi connectivity index (χ2v) is 4.85. The molecular formula is C16H27NO. The van der Waals surface area contributed by atoms with Crippen molar-refractivity contribution in [1.29, 1.82) is 0 Å². The number of para-hydroxylation sites is 1. The van der Waals surface area contributed by atoms with E-state index in [1.807, 2.05) is 30.3 Å². The maximum atomic E-state index is 5.75.